The summed E-state index contributed by atoms with van der Waals surface area (Å²) in [4.78, 5) is 12.1. The molecule has 0 bridgehead atoms. The van der Waals surface area contributed by atoms with Crippen LogP contribution in [0.3, 0.4) is 0 Å². The number of ketones is 1. The van der Waals surface area contributed by atoms with Crippen molar-refractivity contribution in [1.82, 2.24) is 5.32 Å². The summed E-state index contributed by atoms with van der Waals surface area (Å²) >= 11 is 0. The molecule has 1 N–H and O–H groups in total. The molecular weight excluding hydrogens is 226 g/mol. The monoisotopic (exact) mass is 247 g/mol. The maximum Gasteiger partial charge on any atom is 0.180 e. The fourth-order valence-electron chi connectivity index (χ4n) is 2.09. The van der Waals surface area contributed by atoms with Crippen molar-refractivity contribution in [2.24, 2.45) is 5.92 Å². The van der Waals surface area contributed by atoms with Gasteiger partial charge in [-0.2, -0.15) is 0 Å². The first-order valence-electron chi connectivity index (χ1n) is 6.53. The smallest absolute Gasteiger partial charge is 0.180 e. The molecular formula is C15H21NO2. The zero-order valence-corrected chi connectivity index (χ0v) is 11.4. The maximum absolute atomic E-state index is 12.1. The quantitative estimate of drug-likeness (QED) is 0.785. The second-order valence-corrected chi connectivity index (χ2v) is 5.17. The van der Waals surface area contributed by atoms with Crippen LogP contribution in [0.1, 0.15) is 34.3 Å². The minimum Gasteiger partial charge on any atom is -0.492 e. The third-order valence-corrected chi connectivity index (χ3v) is 3.22. The van der Waals surface area contributed by atoms with E-state index in [-0.39, 0.29) is 5.78 Å². The lowest BCUT2D eigenvalue weighted by atomic mass is 10.0. The van der Waals surface area contributed by atoms with Gasteiger partial charge in [0.15, 0.2) is 5.78 Å². The molecule has 0 amide bonds. The van der Waals surface area contributed by atoms with E-state index in [1.54, 1.807) is 7.05 Å². The van der Waals surface area contributed by atoms with E-state index in [0.29, 0.717) is 18.0 Å². The Labute approximate surface area is 109 Å². The van der Waals surface area contributed by atoms with E-state index in [1.165, 1.54) is 12.8 Å². The average molecular weight is 247 g/mol. The van der Waals surface area contributed by atoms with Crippen LogP contribution in [0.15, 0.2) is 12.1 Å². The molecule has 18 heavy (non-hydrogen) atoms. The minimum absolute atomic E-state index is 0.0927. The number of nitrogens with one attached hydrogen (secondary N) is 1. The maximum atomic E-state index is 12.1. The first kappa shape index (κ1) is 13.1. The molecule has 1 saturated carbocycles. The van der Waals surface area contributed by atoms with Crippen LogP contribution in [0.25, 0.3) is 0 Å². The van der Waals surface area contributed by atoms with Gasteiger partial charge in [-0.15, -0.1) is 0 Å². The summed E-state index contributed by atoms with van der Waals surface area (Å²) in [7, 11) is 1.78. The van der Waals surface area contributed by atoms with Crippen molar-refractivity contribution in [1.29, 1.82) is 0 Å². The number of aryl methyl sites for hydroxylation is 2. The van der Waals surface area contributed by atoms with Crippen LogP contribution in [0.5, 0.6) is 5.75 Å². The van der Waals surface area contributed by atoms with E-state index in [2.05, 4.69) is 11.4 Å². The molecule has 0 atom stereocenters. The molecule has 1 fully saturated rings. The van der Waals surface area contributed by atoms with E-state index in [9.17, 15) is 4.79 Å². The Morgan fingerprint density at radius 2 is 2.11 bits per heavy atom. The molecule has 3 heteroatoms. The number of rotatable bonds is 6. The van der Waals surface area contributed by atoms with Gasteiger partial charge in [0, 0.05) is 0 Å². The van der Waals surface area contributed by atoms with Gasteiger partial charge in [0.2, 0.25) is 0 Å². The molecule has 98 valence electrons. The Balaban J connectivity index is 2.24. The van der Waals surface area contributed by atoms with Gasteiger partial charge in [-0.05, 0) is 56.8 Å². The predicted octanol–water partition coefficient (Wildman–Crippen LogP) is 2.49. The molecule has 0 spiro atoms. The molecule has 0 saturated heterocycles. The van der Waals surface area contributed by atoms with Crippen LogP contribution in [-0.2, 0) is 0 Å². The third-order valence-electron chi connectivity index (χ3n) is 3.22. The van der Waals surface area contributed by atoms with Crippen LogP contribution in [-0.4, -0.2) is 26.0 Å². The summed E-state index contributed by atoms with van der Waals surface area (Å²) in [6, 6.07) is 3.99. The SMILES string of the molecule is CNCC(=O)c1cc(C)cc(C)c1OCC1CC1. The molecule has 1 aromatic carbocycles. The molecule has 0 radical (unpaired) electrons. The van der Waals surface area contributed by atoms with Crippen LogP contribution < -0.4 is 10.1 Å². The number of carbonyl (C=O) groups is 1. The fraction of sp³-hybridized carbons (Fsp3) is 0.533. The second kappa shape index (κ2) is 5.53. The molecule has 0 heterocycles. The number of benzene rings is 1. The van der Waals surface area contributed by atoms with E-state index in [4.69, 9.17) is 4.74 Å². The normalized spacial score (nSPS) is 14.6. The van der Waals surface area contributed by atoms with Crippen molar-refractivity contribution in [3.63, 3.8) is 0 Å². The summed E-state index contributed by atoms with van der Waals surface area (Å²) < 4.78 is 5.87. The number of carbonyl (C=O) groups excluding carboxylic acids is 1. The lowest BCUT2D eigenvalue weighted by molar-refractivity contribution is 0.0989. The zero-order valence-electron chi connectivity index (χ0n) is 11.4. The van der Waals surface area contributed by atoms with Crippen LogP contribution >= 0.6 is 0 Å². The average Bonchev–Trinajstić information content (AvgIpc) is 3.11. The Bertz CT molecular complexity index is 450. The Hall–Kier alpha value is -1.35. The van der Waals surface area contributed by atoms with Gasteiger partial charge in [-0.25, -0.2) is 0 Å². The topological polar surface area (TPSA) is 38.3 Å². The number of likely N-dealkylation sites (N-methyl/N-ethyl adjacent to an activating group) is 1. The van der Waals surface area contributed by atoms with Crippen molar-refractivity contribution in [2.75, 3.05) is 20.2 Å². The van der Waals surface area contributed by atoms with Gasteiger partial charge in [0.25, 0.3) is 0 Å². The third kappa shape index (κ3) is 3.10. The molecule has 2 rings (SSSR count). The highest BCUT2D eigenvalue weighted by Gasteiger charge is 2.23. The van der Waals surface area contributed by atoms with Crippen molar-refractivity contribution >= 4 is 5.78 Å². The molecule has 0 unspecified atom stereocenters. The first-order valence-corrected chi connectivity index (χ1v) is 6.53. The summed E-state index contributed by atoms with van der Waals surface area (Å²) in [5, 5.41) is 2.90. The molecule has 3 nitrogen and oxygen atoms in total. The Morgan fingerprint density at radius 3 is 2.72 bits per heavy atom. The second-order valence-electron chi connectivity index (χ2n) is 5.17. The van der Waals surface area contributed by atoms with Crippen molar-refractivity contribution < 1.29 is 9.53 Å². The van der Waals surface area contributed by atoms with E-state index in [1.807, 2.05) is 19.9 Å². The highest BCUT2D eigenvalue weighted by atomic mass is 16.5. The minimum atomic E-state index is 0.0927. The van der Waals surface area contributed by atoms with E-state index in [0.717, 1.165) is 23.5 Å². The Morgan fingerprint density at radius 1 is 1.39 bits per heavy atom. The van der Waals surface area contributed by atoms with Crippen LogP contribution in [0.2, 0.25) is 0 Å². The molecule has 1 aliphatic carbocycles. The van der Waals surface area contributed by atoms with Gasteiger partial charge in [0.05, 0.1) is 18.7 Å². The summed E-state index contributed by atoms with van der Waals surface area (Å²) in [5.41, 5.74) is 2.86. The summed E-state index contributed by atoms with van der Waals surface area (Å²) in [6.07, 6.45) is 2.51. The molecule has 0 aromatic heterocycles. The van der Waals surface area contributed by atoms with Gasteiger partial charge in [-0.3, -0.25) is 4.79 Å². The summed E-state index contributed by atoms with van der Waals surface area (Å²) in [5.74, 6) is 1.56. The number of ether oxygens (including phenoxy) is 1. The lowest BCUT2D eigenvalue weighted by Gasteiger charge is -2.14. The van der Waals surface area contributed by atoms with Gasteiger partial charge >= 0.3 is 0 Å². The largest absolute Gasteiger partial charge is 0.492 e. The van der Waals surface area contributed by atoms with Gasteiger partial charge in [-0.1, -0.05) is 6.07 Å². The molecule has 0 aliphatic heterocycles. The number of hydrogen-bond acceptors (Lipinski definition) is 3. The lowest BCUT2D eigenvalue weighted by Crippen LogP contribution is -2.20. The van der Waals surface area contributed by atoms with E-state index < -0.39 is 0 Å². The molecule has 1 aliphatic rings. The first-order chi connectivity index (χ1) is 8.61. The highest BCUT2D eigenvalue weighted by molar-refractivity contribution is 6.00. The standard InChI is InChI=1S/C15H21NO2/c1-10-6-11(2)15(18-9-12-4-5-12)13(7-10)14(17)8-16-3/h6-7,12,16H,4-5,8-9H2,1-3H3. The number of Topliss-reactive ketones (excluding diaryl/α,β-unsaturated/α-hetero) is 1. The fourth-order valence-corrected chi connectivity index (χ4v) is 2.09. The molecule has 1 aromatic rings. The van der Waals surface area contributed by atoms with E-state index >= 15 is 0 Å². The van der Waals surface area contributed by atoms with Crippen molar-refractivity contribution in [3.05, 3.63) is 28.8 Å². The van der Waals surface area contributed by atoms with Crippen molar-refractivity contribution in [2.45, 2.75) is 26.7 Å². The van der Waals surface area contributed by atoms with Gasteiger partial charge < -0.3 is 10.1 Å². The van der Waals surface area contributed by atoms with Crippen molar-refractivity contribution in [3.8, 4) is 5.75 Å². The predicted molar refractivity (Wildman–Crippen MR) is 72.4 cm³/mol. The van der Waals surface area contributed by atoms with Crippen LogP contribution in [0, 0.1) is 19.8 Å². The summed E-state index contributed by atoms with van der Waals surface area (Å²) in [6.45, 7) is 5.10. The highest BCUT2D eigenvalue weighted by Crippen LogP contribution is 2.32. The number of hydrogen-bond donors (Lipinski definition) is 1. The Kier molecular flexibility index (Phi) is 4.02. The van der Waals surface area contributed by atoms with Gasteiger partial charge in [0.1, 0.15) is 5.75 Å². The zero-order chi connectivity index (χ0) is 13.1. The van der Waals surface area contributed by atoms with Crippen LogP contribution in [0.4, 0.5) is 0 Å².